The van der Waals surface area contributed by atoms with Crippen LogP contribution in [0.2, 0.25) is 0 Å². The Labute approximate surface area is 169 Å². The van der Waals surface area contributed by atoms with E-state index in [0.29, 0.717) is 18.4 Å². The molecule has 162 valence electrons. The third-order valence-electron chi connectivity index (χ3n) is 6.26. The highest BCUT2D eigenvalue weighted by atomic mass is 19.3. The van der Waals surface area contributed by atoms with Crippen LogP contribution in [0.15, 0.2) is 18.2 Å². The molecule has 1 aliphatic carbocycles. The van der Waals surface area contributed by atoms with Crippen molar-refractivity contribution in [3.8, 4) is 0 Å². The van der Waals surface area contributed by atoms with Gasteiger partial charge < -0.3 is 20.2 Å². The molecule has 5 nitrogen and oxygen atoms in total. The summed E-state index contributed by atoms with van der Waals surface area (Å²) in [7, 11) is 0. The topological polar surface area (TPSA) is 55.8 Å². The van der Waals surface area contributed by atoms with Crippen molar-refractivity contribution in [2.45, 2.75) is 57.1 Å². The van der Waals surface area contributed by atoms with Gasteiger partial charge in [0.1, 0.15) is 11.4 Å². The first-order valence-corrected chi connectivity index (χ1v) is 10.4. The van der Waals surface area contributed by atoms with E-state index in [-0.39, 0.29) is 12.8 Å². The Bertz CT molecular complexity index is 730. The number of piperazine rings is 1. The van der Waals surface area contributed by atoms with Crippen LogP contribution in [0, 0.1) is 5.82 Å². The van der Waals surface area contributed by atoms with Gasteiger partial charge in [-0.25, -0.2) is 4.39 Å². The zero-order valence-corrected chi connectivity index (χ0v) is 17.1. The molecule has 2 aliphatic rings. The van der Waals surface area contributed by atoms with Crippen molar-refractivity contribution in [1.82, 2.24) is 10.2 Å². The third kappa shape index (κ3) is 4.38. The third-order valence-corrected chi connectivity index (χ3v) is 6.26. The summed E-state index contributed by atoms with van der Waals surface area (Å²) in [5.41, 5.74) is -1.12. The van der Waals surface area contributed by atoms with Crippen LogP contribution in [0.1, 0.15) is 51.1 Å². The number of carbonyl (C=O) groups excluding carboxylic acids is 1. The van der Waals surface area contributed by atoms with Gasteiger partial charge in [-0.05, 0) is 44.5 Å². The standard InChI is InChI=1S/C21H30F3N3O2/c1-3-26-10-12-27(13-11-26)18-7-6-16(22)14-17(18)15(2)25-19(28)21(23,24)20(29)8-4-5-9-20/h6-7,14-15,29H,3-5,8-13H2,1-2H3,(H,25,28). The number of hydrogen-bond donors (Lipinski definition) is 2. The second-order valence-corrected chi connectivity index (χ2v) is 8.13. The van der Waals surface area contributed by atoms with Gasteiger partial charge in [-0.15, -0.1) is 0 Å². The number of rotatable bonds is 6. The van der Waals surface area contributed by atoms with Crippen molar-refractivity contribution in [3.63, 3.8) is 0 Å². The number of likely N-dealkylation sites (N-methyl/N-ethyl adjacent to an activating group) is 1. The number of amides is 1. The summed E-state index contributed by atoms with van der Waals surface area (Å²) in [6.07, 6.45) is 0.725. The molecule has 1 aliphatic heterocycles. The minimum Gasteiger partial charge on any atom is -0.383 e. The fourth-order valence-corrected chi connectivity index (χ4v) is 4.32. The van der Waals surface area contributed by atoms with E-state index in [1.54, 1.807) is 13.0 Å². The Kier molecular flexibility index (Phi) is 6.43. The maximum absolute atomic E-state index is 14.6. The van der Waals surface area contributed by atoms with Crippen molar-refractivity contribution >= 4 is 11.6 Å². The van der Waals surface area contributed by atoms with Crippen molar-refractivity contribution in [3.05, 3.63) is 29.6 Å². The van der Waals surface area contributed by atoms with Crippen LogP contribution >= 0.6 is 0 Å². The Morgan fingerprint density at radius 3 is 2.45 bits per heavy atom. The van der Waals surface area contributed by atoms with Gasteiger partial charge in [0, 0.05) is 37.4 Å². The summed E-state index contributed by atoms with van der Waals surface area (Å²) in [5.74, 6) is -5.89. The van der Waals surface area contributed by atoms with Gasteiger partial charge in [0.15, 0.2) is 0 Å². The maximum Gasteiger partial charge on any atom is 0.352 e. The molecular formula is C21H30F3N3O2. The molecule has 2 fully saturated rings. The van der Waals surface area contributed by atoms with Gasteiger partial charge in [0.25, 0.3) is 5.91 Å². The summed E-state index contributed by atoms with van der Waals surface area (Å²) in [4.78, 5) is 16.7. The molecule has 0 bridgehead atoms. The zero-order valence-electron chi connectivity index (χ0n) is 17.1. The number of halogens is 3. The normalized spacial score (nSPS) is 21.2. The predicted octanol–water partition coefficient (Wildman–Crippen LogP) is 3.09. The van der Waals surface area contributed by atoms with E-state index in [0.717, 1.165) is 38.4 Å². The molecule has 1 heterocycles. The number of aliphatic hydroxyl groups is 1. The Morgan fingerprint density at radius 1 is 1.24 bits per heavy atom. The fourth-order valence-electron chi connectivity index (χ4n) is 4.32. The second-order valence-electron chi connectivity index (χ2n) is 8.13. The molecule has 1 saturated heterocycles. The van der Waals surface area contributed by atoms with E-state index >= 15 is 0 Å². The first kappa shape index (κ1) is 21.9. The molecule has 1 aromatic carbocycles. The molecule has 1 unspecified atom stereocenters. The van der Waals surface area contributed by atoms with E-state index in [4.69, 9.17) is 0 Å². The summed E-state index contributed by atoms with van der Waals surface area (Å²) >= 11 is 0. The minimum absolute atomic E-state index is 0.102. The number of nitrogens with one attached hydrogen (secondary N) is 1. The Hall–Kier alpha value is -1.80. The number of nitrogens with zero attached hydrogens (tertiary/aromatic N) is 2. The molecule has 0 aromatic heterocycles. The van der Waals surface area contributed by atoms with Gasteiger partial charge in [0.2, 0.25) is 0 Å². The molecule has 29 heavy (non-hydrogen) atoms. The highest BCUT2D eigenvalue weighted by Crippen LogP contribution is 2.42. The lowest BCUT2D eigenvalue weighted by atomic mass is 9.92. The largest absolute Gasteiger partial charge is 0.383 e. The summed E-state index contributed by atoms with van der Waals surface area (Å²) in [5, 5.41) is 12.6. The summed E-state index contributed by atoms with van der Waals surface area (Å²) in [6.45, 7) is 7.81. The quantitative estimate of drug-likeness (QED) is 0.753. The van der Waals surface area contributed by atoms with Gasteiger partial charge in [-0.2, -0.15) is 8.78 Å². The van der Waals surface area contributed by atoms with Crippen LogP contribution < -0.4 is 10.2 Å². The van der Waals surface area contributed by atoms with Crippen molar-refractivity contribution in [2.75, 3.05) is 37.6 Å². The van der Waals surface area contributed by atoms with Crippen LogP contribution in [-0.2, 0) is 4.79 Å². The maximum atomic E-state index is 14.6. The van der Waals surface area contributed by atoms with Gasteiger partial charge in [-0.3, -0.25) is 4.79 Å². The van der Waals surface area contributed by atoms with Crippen LogP contribution in [0.25, 0.3) is 0 Å². The molecular weight excluding hydrogens is 383 g/mol. The van der Waals surface area contributed by atoms with Crippen LogP contribution in [0.3, 0.4) is 0 Å². The average molecular weight is 413 g/mol. The van der Waals surface area contributed by atoms with Crippen LogP contribution in [0.5, 0.6) is 0 Å². The minimum atomic E-state index is -3.89. The van der Waals surface area contributed by atoms with E-state index < -0.39 is 29.3 Å². The van der Waals surface area contributed by atoms with Crippen LogP contribution in [-0.4, -0.2) is 60.2 Å². The number of carbonyl (C=O) groups is 1. The van der Waals surface area contributed by atoms with Gasteiger partial charge >= 0.3 is 5.92 Å². The lowest BCUT2D eigenvalue weighted by molar-refractivity contribution is -0.191. The molecule has 0 radical (unpaired) electrons. The molecule has 3 rings (SSSR count). The lowest BCUT2D eigenvalue weighted by Gasteiger charge is -2.37. The van der Waals surface area contributed by atoms with E-state index in [1.807, 2.05) is 0 Å². The van der Waals surface area contributed by atoms with Crippen molar-refractivity contribution in [2.24, 2.45) is 0 Å². The Balaban J connectivity index is 1.77. The first-order chi connectivity index (χ1) is 13.7. The lowest BCUT2D eigenvalue weighted by Crippen LogP contribution is -2.56. The molecule has 1 amide bonds. The zero-order chi connectivity index (χ0) is 21.2. The van der Waals surface area contributed by atoms with Gasteiger partial charge in [-0.1, -0.05) is 19.8 Å². The highest BCUT2D eigenvalue weighted by Gasteiger charge is 2.59. The Morgan fingerprint density at radius 2 is 1.86 bits per heavy atom. The molecule has 0 spiro atoms. The van der Waals surface area contributed by atoms with E-state index in [9.17, 15) is 23.1 Å². The summed E-state index contributed by atoms with van der Waals surface area (Å²) in [6, 6.07) is 3.44. The smallest absolute Gasteiger partial charge is 0.352 e. The molecule has 2 N–H and O–H groups in total. The number of benzene rings is 1. The second kappa shape index (κ2) is 8.52. The molecule has 1 saturated carbocycles. The summed E-state index contributed by atoms with van der Waals surface area (Å²) < 4.78 is 43.2. The van der Waals surface area contributed by atoms with Crippen LogP contribution in [0.4, 0.5) is 18.9 Å². The molecule has 1 atom stereocenters. The number of anilines is 1. The SMILES string of the molecule is CCN1CCN(c2ccc(F)cc2C(C)NC(=O)C(F)(F)C2(O)CCCC2)CC1. The predicted molar refractivity (Wildman–Crippen MR) is 106 cm³/mol. The van der Waals surface area contributed by atoms with Crippen molar-refractivity contribution in [1.29, 1.82) is 0 Å². The monoisotopic (exact) mass is 413 g/mol. The average Bonchev–Trinajstić information content (AvgIpc) is 3.16. The highest BCUT2D eigenvalue weighted by molar-refractivity contribution is 5.85. The van der Waals surface area contributed by atoms with Crippen molar-refractivity contribution < 1.29 is 23.1 Å². The number of hydrogen-bond acceptors (Lipinski definition) is 4. The molecule has 8 heteroatoms. The first-order valence-electron chi connectivity index (χ1n) is 10.4. The van der Waals surface area contributed by atoms with E-state index in [2.05, 4.69) is 22.0 Å². The molecule has 1 aromatic rings. The van der Waals surface area contributed by atoms with E-state index in [1.165, 1.54) is 12.1 Å². The number of alkyl halides is 2. The fraction of sp³-hybridized carbons (Fsp3) is 0.667. The van der Waals surface area contributed by atoms with Gasteiger partial charge in [0.05, 0.1) is 6.04 Å².